The minimum atomic E-state index is 0.704. The van der Waals surface area contributed by atoms with E-state index in [1.807, 2.05) is 26.0 Å². The van der Waals surface area contributed by atoms with Gasteiger partial charge in [0.2, 0.25) is 0 Å². The minimum absolute atomic E-state index is 0.704. The summed E-state index contributed by atoms with van der Waals surface area (Å²) >= 11 is 5.99. The largest absolute Gasteiger partial charge is 0.492 e. The molecule has 0 bridgehead atoms. The van der Waals surface area contributed by atoms with E-state index in [1.54, 1.807) is 0 Å². The quantitative estimate of drug-likeness (QED) is 0.717. The monoisotopic (exact) mass is 269 g/mol. The van der Waals surface area contributed by atoms with Gasteiger partial charge < -0.3 is 10.1 Å². The van der Waals surface area contributed by atoms with Gasteiger partial charge >= 0.3 is 0 Å². The average Bonchev–Trinajstić information content (AvgIpc) is 2.30. The third-order valence-corrected chi connectivity index (χ3v) is 3.13. The second-order valence-corrected chi connectivity index (χ2v) is 5.11. The average molecular weight is 270 g/mol. The van der Waals surface area contributed by atoms with Crippen molar-refractivity contribution in [2.45, 2.75) is 40.0 Å². The van der Waals surface area contributed by atoms with Crippen LogP contribution in [-0.4, -0.2) is 19.7 Å². The Kier molecular flexibility index (Phi) is 7.14. The maximum absolute atomic E-state index is 5.99. The molecule has 0 heterocycles. The molecule has 0 radical (unpaired) electrons. The number of unbranched alkanes of at least 4 members (excludes halogenated alkanes) is 2. The standard InChI is InChI=1S/C15H24ClNO/c1-4-5-6-7-17-8-9-18-15-12(2)10-14(16)11-13(15)3/h10-11,17H,4-9H2,1-3H3. The molecular weight excluding hydrogens is 246 g/mol. The van der Waals surface area contributed by atoms with Crippen LogP contribution in [0.4, 0.5) is 0 Å². The summed E-state index contributed by atoms with van der Waals surface area (Å²) in [6, 6.07) is 3.89. The van der Waals surface area contributed by atoms with Gasteiger partial charge in [0, 0.05) is 11.6 Å². The fourth-order valence-electron chi connectivity index (χ4n) is 1.98. The topological polar surface area (TPSA) is 21.3 Å². The highest BCUT2D eigenvalue weighted by Gasteiger charge is 2.05. The fraction of sp³-hybridized carbons (Fsp3) is 0.600. The summed E-state index contributed by atoms with van der Waals surface area (Å²) in [7, 11) is 0. The van der Waals surface area contributed by atoms with E-state index in [9.17, 15) is 0 Å². The molecule has 0 aromatic heterocycles. The van der Waals surface area contributed by atoms with Gasteiger partial charge in [0.15, 0.2) is 0 Å². The predicted molar refractivity (Wildman–Crippen MR) is 78.8 cm³/mol. The Hall–Kier alpha value is -0.730. The van der Waals surface area contributed by atoms with Crippen LogP contribution in [-0.2, 0) is 0 Å². The summed E-state index contributed by atoms with van der Waals surface area (Å²) < 4.78 is 5.81. The van der Waals surface area contributed by atoms with Gasteiger partial charge in [-0.15, -0.1) is 0 Å². The zero-order chi connectivity index (χ0) is 13.4. The lowest BCUT2D eigenvalue weighted by Gasteiger charge is -2.13. The molecule has 1 aromatic rings. The van der Waals surface area contributed by atoms with Gasteiger partial charge in [0.25, 0.3) is 0 Å². The number of rotatable bonds is 8. The van der Waals surface area contributed by atoms with Crippen molar-refractivity contribution in [3.8, 4) is 5.75 Å². The molecular formula is C15H24ClNO. The van der Waals surface area contributed by atoms with E-state index in [4.69, 9.17) is 16.3 Å². The van der Waals surface area contributed by atoms with Crippen molar-refractivity contribution >= 4 is 11.6 Å². The van der Waals surface area contributed by atoms with Gasteiger partial charge in [-0.2, -0.15) is 0 Å². The lowest BCUT2D eigenvalue weighted by Crippen LogP contribution is -2.22. The van der Waals surface area contributed by atoms with Crippen LogP contribution in [0.15, 0.2) is 12.1 Å². The highest BCUT2D eigenvalue weighted by atomic mass is 35.5. The van der Waals surface area contributed by atoms with E-state index >= 15 is 0 Å². The molecule has 1 aromatic carbocycles. The molecule has 102 valence electrons. The van der Waals surface area contributed by atoms with E-state index in [1.165, 1.54) is 19.3 Å². The Labute approximate surface area is 116 Å². The van der Waals surface area contributed by atoms with E-state index in [-0.39, 0.29) is 0 Å². The second kappa shape index (κ2) is 8.39. The molecule has 0 amide bonds. The normalized spacial score (nSPS) is 10.7. The van der Waals surface area contributed by atoms with Crippen LogP contribution in [0.1, 0.15) is 37.3 Å². The highest BCUT2D eigenvalue weighted by Crippen LogP contribution is 2.26. The van der Waals surface area contributed by atoms with Gasteiger partial charge in [0.1, 0.15) is 12.4 Å². The van der Waals surface area contributed by atoms with Crippen LogP contribution in [0.2, 0.25) is 5.02 Å². The molecule has 1 rings (SSSR count). The molecule has 0 atom stereocenters. The third kappa shape index (κ3) is 5.28. The van der Waals surface area contributed by atoms with Gasteiger partial charge in [-0.05, 0) is 50.1 Å². The molecule has 3 heteroatoms. The lowest BCUT2D eigenvalue weighted by molar-refractivity contribution is 0.309. The first-order valence-electron chi connectivity index (χ1n) is 6.75. The Morgan fingerprint density at radius 2 is 1.78 bits per heavy atom. The molecule has 0 aliphatic carbocycles. The summed E-state index contributed by atoms with van der Waals surface area (Å²) in [4.78, 5) is 0. The number of aryl methyl sites for hydroxylation is 2. The Balaban J connectivity index is 2.27. The predicted octanol–water partition coefficient (Wildman–Crippen LogP) is 4.12. The maximum atomic E-state index is 5.99. The van der Waals surface area contributed by atoms with Crippen LogP contribution < -0.4 is 10.1 Å². The van der Waals surface area contributed by atoms with Gasteiger partial charge in [-0.3, -0.25) is 0 Å². The number of ether oxygens (including phenoxy) is 1. The zero-order valence-electron chi connectivity index (χ0n) is 11.7. The number of benzene rings is 1. The number of halogens is 1. The van der Waals surface area contributed by atoms with E-state index in [0.717, 1.165) is 35.0 Å². The SMILES string of the molecule is CCCCCNCCOc1c(C)cc(Cl)cc1C. The van der Waals surface area contributed by atoms with Crippen LogP contribution >= 0.6 is 11.6 Å². The molecule has 0 saturated heterocycles. The second-order valence-electron chi connectivity index (χ2n) is 4.67. The van der Waals surface area contributed by atoms with E-state index in [2.05, 4.69) is 12.2 Å². The van der Waals surface area contributed by atoms with Crippen molar-refractivity contribution in [1.82, 2.24) is 5.32 Å². The molecule has 0 aliphatic heterocycles. The number of nitrogens with one attached hydrogen (secondary N) is 1. The summed E-state index contributed by atoms with van der Waals surface area (Å²) in [6.45, 7) is 8.96. The van der Waals surface area contributed by atoms with Crippen molar-refractivity contribution in [2.24, 2.45) is 0 Å². The smallest absolute Gasteiger partial charge is 0.125 e. The summed E-state index contributed by atoms with van der Waals surface area (Å²) in [5.74, 6) is 0.967. The van der Waals surface area contributed by atoms with Gasteiger partial charge in [-0.1, -0.05) is 31.4 Å². The van der Waals surface area contributed by atoms with E-state index < -0.39 is 0 Å². The first-order chi connectivity index (χ1) is 8.65. The minimum Gasteiger partial charge on any atom is -0.492 e. The zero-order valence-corrected chi connectivity index (χ0v) is 12.4. The molecule has 0 unspecified atom stereocenters. The Morgan fingerprint density at radius 1 is 1.11 bits per heavy atom. The van der Waals surface area contributed by atoms with Crippen LogP contribution in [0, 0.1) is 13.8 Å². The van der Waals surface area contributed by atoms with Crippen LogP contribution in [0.25, 0.3) is 0 Å². The van der Waals surface area contributed by atoms with Crippen LogP contribution in [0.5, 0.6) is 5.75 Å². The third-order valence-electron chi connectivity index (χ3n) is 2.91. The Morgan fingerprint density at radius 3 is 2.39 bits per heavy atom. The fourth-order valence-corrected chi connectivity index (χ4v) is 2.30. The lowest BCUT2D eigenvalue weighted by atomic mass is 10.1. The van der Waals surface area contributed by atoms with E-state index in [0.29, 0.717) is 6.61 Å². The summed E-state index contributed by atoms with van der Waals surface area (Å²) in [5, 5.41) is 4.16. The molecule has 0 saturated carbocycles. The molecule has 18 heavy (non-hydrogen) atoms. The van der Waals surface area contributed by atoms with Crippen molar-refractivity contribution in [3.63, 3.8) is 0 Å². The number of hydrogen-bond donors (Lipinski definition) is 1. The molecule has 0 fully saturated rings. The Bertz CT molecular complexity index is 343. The van der Waals surface area contributed by atoms with Gasteiger partial charge in [0.05, 0.1) is 0 Å². The van der Waals surface area contributed by atoms with Crippen molar-refractivity contribution in [3.05, 3.63) is 28.3 Å². The molecule has 0 spiro atoms. The van der Waals surface area contributed by atoms with Crippen LogP contribution in [0.3, 0.4) is 0 Å². The van der Waals surface area contributed by atoms with Gasteiger partial charge in [-0.25, -0.2) is 0 Å². The number of hydrogen-bond acceptors (Lipinski definition) is 2. The van der Waals surface area contributed by atoms with Crippen molar-refractivity contribution in [2.75, 3.05) is 19.7 Å². The maximum Gasteiger partial charge on any atom is 0.125 e. The molecule has 2 nitrogen and oxygen atoms in total. The highest BCUT2D eigenvalue weighted by molar-refractivity contribution is 6.30. The molecule has 1 N–H and O–H groups in total. The summed E-state index contributed by atoms with van der Waals surface area (Å²) in [6.07, 6.45) is 3.81. The first-order valence-corrected chi connectivity index (χ1v) is 7.13. The summed E-state index contributed by atoms with van der Waals surface area (Å²) in [5.41, 5.74) is 2.21. The molecule has 0 aliphatic rings. The first kappa shape index (κ1) is 15.3. The van der Waals surface area contributed by atoms with Crippen molar-refractivity contribution in [1.29, 1.82) is 0 Å². The van der Waals surface area contributed by atoms with Crippen molar-refractivity contribution < 1.29 is 4.74 Å².